The Kier molecular flexibility index (Phi) is 7.04. The second-order valence-corrected chi connectivity index (χ2v) is 8.11. The molecule has 0 spiro atoms. The van der Waals surface area contributed by atoms with Crippen LogP contribution in [0.3, 0.4) is 0 Å². The Bertz CT molecular complexity index is 961. The number of pyridine rings is 1. The van der Waals surface area contributed by atoms with E-state index in [0.717, 1.165) is 4.88 Å². The summed E-state index contributed by atoms with van der Waals surface area (Å²) in [5.41, 5.74) is 0.154. The van der Waals surface area contributed by atoms with Crippen LogP contribution in [0.4, 0.5) is 0 Å². The van der Waals surface area contributed by atoms with Crippen molar-refractivity contribution in [3.8, 4) is 10.6 Å². The first kappa shape index (κ1) is 21.8. The van der Waals surface area contributed by atoms with E-state index in [1.165, 1.54) is 29.4 Å². The average Bonchev–Trinajstić information content (AvgIpc) is 3.28. The zero-order valence-corrected chi connectivity index (χ0v) is 17.9. The van der Waals surface area contributed by atoms with Crippen LogP contribution >= 0.6 is 11.3 Å². The minimum atomic E-state index is -0.510. The van der Waals surface area contributed by atoms with E-state index in [1.54, 1.807) is 17.9 Å². The van der Waals surface area contributed by atoms with Crippen LogP contribution < -0.4 is 5.56 Å². The van der Waals surface area contributed by atoms with Crippen LogP contribution in [0.2, 0.25) is 0 Å². The normalized spacial score (nSPS) is 14.4. The van der Waals surface area contributed by atoms with Gasteiger partial charge in [0.2, 0.25) is 5.91 Å². The highest BCUT2D eigenvalue weighted by atomic mass is 32.1. The molecule has 2 aromatic rings. The lowest BCUT2D eigenvalue weighted by atomic mass is 9.97. The van der Waals surface area contributed by atoms with E-state index in [2.05, 4.69) is 4.98 Å². The standard InChI is InChI=1S/C21H25N3O5S/c1-3-29-21(28)14-8-10-24(11-9-14)18(25)13-23(2)20(27)15-6-7-16(22-19(15)26)17-5-4-12-30-17/h4-7,12,14H,3,8-11,13H2,1-2H3,(H,22,26). The van der Waals surface area contributed by atoms with Crippen molar-refractivity contribution in [2.75, 3.05) is 33.3 Å². The molecule has 1 aliphatic rings. The molecule has 0 radical (unpaired) electrons. The number of hydrogen-bond donors (Lipinski definition) is 1. The molecule has 3 heterocycles. The van der Waals surface area contributed by atoms with Crippen LogP contribution in [0.1, 0.15) is 30.1 Å². The third kappa shape index (κ3) is 4.96. The van der Waals surface area contributed by atoms with Crippen LogP contribution in [0.5, 0.6) is 0 Å². The molecule has 2 amide bonds. The Balaban J connectivity index is 1.57. The van der Waals surface area contributed by atoms with E-state index in [0.29, 0.717) is 38.2 Å². The van der Waals surface area contributed by atoms with Crippen LogP contribution in [0.15, 0.2) is 34.4 Å². The Labute approximate surface area is 178 Å². The number of ether oxygens (including phenoxy) is 1. The summed E-state index contributed by atoms with van der Waals surface area (Å²) in [5.74, 6) is -1.13. The molecule has 0 atom stereocenters. The zero-order chi connectivity index (χ0) is 21.7. The first-order valence-corrected chi connectivity index (χ1v) is 10.8. The van der Waals surface area contributed by atoms with Crippen molar-refractivity contribution < 1.29 is 19.1 Å². The molecule has 1 saturated heterocycles. The van der Waals surface area contributed by atoms with Gasteiger partial charge in [-0.2, -0.15) is 0 Å². The van der Waals surface area contributed by atoms with Crippen LogP contribution in [-0.4, -0.2) is 65.9 Å². The van der Waals surface area contributed by atoms with E-state index >= 15 is 0 Å². The fourth-order valence-corrected chi connectivity index (χ4v) is 4.13. The van der Waals surface area contributed by atoms with Gasteiger partial charge < -0.3 is 19.5 Å². The highest BCUT2D eigenvalue weighted by Gasteiger charge is 2.29. The van der Waals surface area contributed by atoms with Crippen molar-refractivity contribution in [1.29, 1.82) is 0 Å². The first-order chi connectivity index (χ1) is 14.4. The quantitative estimate of drug-likeness (QED) is 0.705. The number of likely N-dealkylation sites (tertiary alicyclic amines) is 1. The van der Waals surface area contributed by atoms with Crippen molar-refractivity contribution in [3.63, 3.8) is 0 Å². The summed E-state index contributed by atoms with van der Waals surface area (Å²) >= 11 is 1.49. The number of esters is 1. The predicted molar refractivity (Wildman–Crippen MR) is 113 cm³/mol. The first-order valence-electron chi connectivity index (χ1n) is 9.87. The molecule has 160 valence electrons. The molecule has 0 aliphatic carbocycles. The fourth-order valence-electron chi connectivity index (χ4n) is 3.42. The number of rotatable bonds is 6. The molecule has 3 rings (SSSR count). The van der Waals surface area contributed by atoms with Crippen molar-refractivity contribution in [2.24, 2.45) is 5.92 Å². The van der Waals surface area contributed by atoms with Crippen molar-refractivity contribution in [2.45, 2.75) is 19.8 Å². The van der Waals surface area contributed by atoms with Gasteiger partial charge in [-0.25, -0.2) is 0 Å². The number of nitrogens with zero attached hydrogens (tertiary/aromatic N) is 2. The number of H-pyrrole nitrogens is 1. The highest BCUT2D eigenvalue weighted by Crippen LogP contribution is 2.22. The molecule has 0 saturated carbocycles. The molecule has 30 heavy (non-hydrogen) atoms. The number of thiophene rings is 1. The van der Waals surface area contributed by atoms with Gasteiger partial charge in [-0.05, 0) is 43.3 Å². The smallest absolute Gasteiger partial charge is 0.309 e. The van der Waals surface area contributed by atoms with Crippen molar-refractivity contribution in [3.05, 3.63) is 45.6 Å². The van der Waals surface area contributed by atoms with E-state index in [9.17, 15) is 19.2 Å². The molecule has 1 aliphatic heterocycles. The molecule has 0 bridgehead atoms. The van der Waals surface area contributed by atoms with E-state index in [4.69, 9.17) is 4.74 Å². The summed E-state index contributed by atoms with van der Waals surface area (Å²) in [5, 5.41) is 1.90. The number of likely N-dealkylation sites (N-methyl/N-ethyl adjacent to an activating group) is 1. The molecule has 0 aromatic carbocycles. The Hall–Kier alpha value is -2.94. The summed E-state index contributed by atoms with van der Waals surface area (Å²) in [7, 11) is 1.50. The number of hydrogen-bond acceptors (Lipinski definition) is 6. The summed E-state index contributed by atoms with van der Waals surface area (Å²) in [4.78, 5) is 56.0. The fraction of sp³-hybridized carbons (Fsp3) is 0.429. The number of carbonyl (C=O) groups is 3. The van der Waals surface area contributed by atoms with E-state index < -0.39 is 11.5 Å². The van der Waals surface area contributed by atoms with Gasteiger partial charge in [0.25, 0.3) is 11.5 Å². The largest absolute Gasteiger partial charge is 0.466 e. The van der Waals surface area contributed by atoms with Gasteiger partial charge in [0.1, 0.15) is 5.56 Å². The third-order valence-electron chi connectivity index (χ3n) is 5.11. The molecule has 2 aromatic heterocycles. The summed E-state index contributed by atoms with van der Waals surface area (Å²) in [6, 6.07) is 6.94. The number of carbonyl (C=O) groups excluding carboxylic acids is 3. The van der Waals surface area contributed by atoms with Crippen LogP contribution in [-0.2, 0) is 14.3 Å². The van der Waals surface area contributed by atoms with Crippen LogP contribution in [0.25, 0.3) is 10.6 Å². The lowest BCUT2D eigenvalue weighted by Crippen LogP contribution is -2.46. The minimum Gasteiger partial charge on any atom is -0.466 e. The monoisotopic (exact) mass is 431 g/mol. The SMILES string of the molecule is CCOC(=O)C1CCN(C(=O)CN(C)C(=O)c2ccc(-c3cccs3)[nH]c2=O)CC1. The second-order valence-electron chi connectivity index (χ2n) is 7.16. The van der Waals surface area contributed by atoms with Gasteiger partial charge in [-0.15, -0.1) is 11.3 Å². The molecule has 8 nitrogen and oxygen atoms in total. The van der Waals surface area contributed by atoms with Gasteiger partial charge in [0.15, 0.2) is 0 Å². The van der Waals surface area contributed by atoms with Gasteiger partial charge in [0, 0.05) is 20.1 Å². The number of nitrogens with one attached hydrogen (secondary N) is 1. The molecular weight excluding hydrogens is 406 g/mol. The highest BCUT2D eigenvalue weighted by molar-refractivity contribution is 7.13. The summed E-state index contributed by atoms with van der Waals surface area (Å²) < 4.78 is 5.04. The maximum absolute atomic E-state index is 12.7. The predicted octanol–water partition coefficient (Wildman–Crippen LogP) is 1.98. The van der Waals surface area contributed by atoms with Gasteiger partial charge >= 0.3 is 5.97 Å². The van der Waals surface area contributed by atoms with Gasteiger partial charge in [0.05, 0.1) is 29.6 Å². The van der Waals surface area contributed by atoms with E-state index in [-0.39, 0.29) is 29.9 Å². The Morgan fingerprint density at radius 2 is 1.97 bits per heavy atom. The lowest BCUT2D eigenvalue weighted by molar-refractivity contribution is -0.151. The average molecular weight is 432 g/mol. The summed E-state index contributed by atoms with van der Waals surface area (Å²) in [6.07, 6.45) is 1.10. The topological polar surface area (TPSA) is 99.8 Å². The Morgan fingerprint density at radius 3 is 2.57 bits per heavy atom. The maximum atomic E-state index is 12.7. The molecule has 0 unspecified atom stereocenters. The number of amides is 2. The minimum absolute atomic E-state index is 0.00775. The van der Waals surface area contributed by atoms with Crippen molar-refractivity contribution in [1.82, 2.24) is 14.8 Å². The lowest BCUT2D eigenvalue weighted by Gasteiger charge is -2.32. The number of aromatic amines is 1. The second kappa shape index (κ2) is 9.71. The number of aromatic nitrogens is 1. The molecular formula is C21H25N3O5S. The van der Waals surface area contributed by atoms with E-state index in [1.807, 2.05) is 17.5 Å². The van der Waals surface area contributed by atoms with Gasteiger partial charge in [-0.1, -0.05) is 6.07 Å². The van der Waals surface area contributed by atoms with Gasteiger partial charge in [-0.3, -0.25) is 19.2 Å². The van der Waals surface area contributed by atoms with Crippen molar-refractivity contribution >= 4 is 29.1 Å². The number of piperidine rings is 1. The van der Waals surface area contributed by atoms with Crippen LogP contribution in [0, 0.1) is 5.92 Å². The molecule has 9 heteroatoms. The third-order valence-corrected chi connectivity index (χ3v) is 6.02. The summed E-state index contributed by atoms with van der Waals surface area (Å²) in [6.45, 7) is 2.87. The zero-order valence-electron chi connectivity index (χ0n) is 17.1. The Morgan fingerprint density at radius 1 is 1.23 bits per heavy atom. The molecule has 1 N–H and O–H groups in total. The maximum Gasteiger partial charge on any atom is 0.309 e. The molecule has 1 fully saturated rings.